The topological polar surface area (TPSA) is 237 Å². The Morgan fingerprint density at radius 2 is 0.539 bits per heavy atom. The first-order chi connectivity index (χ1) is 42.7. The van der Waals surface area contributed by atoms with Crippen molar-refractivity contribution in [1.29, 1.82) is 0 Å². The summed E-state index contributed by atoms with van der Waals surface area (Å²) in [7, 11) is -9.90. The molecule has 0 spiro atoms. The zero-order chi connectivity index (χ0) is 66.1. The van der Waals surface area contributed by atoms with E-state index >= 15 is 0 Å². The monoisotopic (exact) mass is 1310 g/mol. The maximum atomic E-state index is 13.0. The number of aliphatic hydroxyl groups excluding tert-OH is 1. The summed E-state index contributed by atoms with van der Waals surface area (Å²) in [5.41, 5.74) is 0. The molecule has 0 aromatic rings. The van der Waals surface area contributed by atoms with E-state index in [0.29, 0.717) is 31.6 Å². The van der Waals surface area contributed by atoms with Crippen LogP contribution in [0.4, 0.5) is 0 Å². The summed E-state index contributed by atoms with van der Waals surface area (Å²) in [6.45, 7) is 14.1. The third kappa shape index (κ3) is 62.0. The molecule has 0 saturated heterocycles. The molecule has 0 heterocycles. The quantitative estimate of drug-likeness (QED) is 0.0222. The molecular formula is C70H136O17P2. The van der Waals surface area contributed by atoms with Gasteiger partial charge in [-0.05, 0) is 49.4 Å². The van der Waals surface area contributed by atoms with Crippen LogP contribution in [0.25, 0.3) is 0 Å². The van der Waals surface area contributed by atoms with E-state index in [-0.39, 0.29) is 25.7 Å². The summed E-state index contributed by atoms with van der Waals surface area (Å²) in [5.74, 6) is 0.885. The summed E-state index contributed by atoms with van der Waals surface area (Å²) in [6.07, 6.45) is 41.7. The molecule has 0 radical (unpaired) electrons. The highest BCUT2D eigenvalue weighted by molar-refractivity contribution is 7.47. The molecule has 0 amide bonds. The van der Waals surface area contributed by atoms with Gasteiger partial charge >= 0.3 is 39.5 Å². The Kier molecular flexibility index (Phi) is 58.5. The van der Waals surface area contributed by atoms with Gasteiger partial charge < -0.3 is 33.8 Å². The van der Waals surface area contributed by atoms with Gasteiger partial charge in [0.25, 0.3) is 0 Å². The lowest BCUT2D eigenvalue weighted by Crippen LogP contribution is -2.30. The van der Waals surface area contributed by atoms with Crippen LogP contribution < -0.4 is 0 Å². The Morgan fingerprint density at radius 1 is 0.315 bits per heavy atom. The van der Waals surface area contributed by atoms with Gasteiger partial charge in [0.2, 0.25) is 0 Å². The van der Waals surface area contributed by atoms with E-state index in [1.807, 2.05) is 0 Å². The lowest BCUT2D eigenvalue weighted by molar-refractivity contribution is -0.161. The number of phosphoric ester groups is 2. The van der Waals surface area contributed by atoms with Gasteiger partial charge in [0, 0.05) is 25.7 Å². The number of esters is 4. The molecule has 4 unspecified atom stereocenters. The van der Waals surface area contributed by atoms with Crippen molar-refractivity contribution in [2.24, 2.45) is 23.7 Å². The summed E-state index contributed by atoms with van der Waals surface area (Å²) >= 11 is 0. The van der Waals surface area contributed by atoms with Crippen LogP contribution in [0.5, 0.6) is 0 Å². The predicted octanol–water partition coefficient (Wildman–Crippen LogP) is 19.7. The van der Waals surface area contributed by atoms with Gasteiger partial charge in [-0.2, -0.15) is 0 Å². The standard InChI is InChI=1S/C70H136O17P2/c1-9-62(7)48-40-32-24-18-15-16-20-26-37-45-53-70(75)86-65(56-80-67(72)50-42-34-27-21-23-31-39-47-61(5)6)58-84-88(76,77)82-54-64(71)55-83-89(78,79)85-59-66(57-81-68(73)51-43-35-29-28-33-41-49-63(8)10-2)87-69(74)52-44-36-25-19-14-12-11-13-17-22-30-38-46-60(3)4/h60-66,71H,9-59H2,1-8H3,(H,76,77)(H,78,79)/t62?,63?,64-,65-,66-/m1/s1. The maximum absolute atomic E-state index is 13.0. The molecule has 0 bridgehead atoms. The predicted molar refractivity (Wildman–Crippen MR) is 358 cm³/mol. The number of rotatable bonds is 67. The molecule has 3 N–H and O–H groups in total. The van der Waals surface area contributed by atoms with Gasteiger partial charge in [0.1, 0.15) is 19.3 Å². The SMILES string of the molecule is CCC(C)CCCCCCCCCCCCC(=O)O[C@H](COC(=O)CCCCCCCCCC(C)C)COP(=O)(O)OC[C@@H](O)COP(=O)(O)OC[C@@H](COC(=O)CCCCCCCCC(C)CC)OC(=O)CCCCCCCCCCCCCCC(C)C. The molecule has 0 aromatic heterocycles. The molecule has 7 atom stereocenters. The van der Waals surface area contributed by atoms with Crippen molar-refractivity contribution in [2.45, 2.75) is 363 Å². The van der Waals surface area contributed by atoms with E-state index in [1.165, 1.54) is 135 Å². The number of ether oxygens (including phenoxy) is 4. The fourth-order valence-electron chi connectivity index (χ4n) is 10.4. The van der Waals surface area contributed by atoms with Gasteiger partial charge in [-0.25, -0.2) is 9.13 Å². The van der Waals surface area contributed by atoms with Crippen LogP contribution in [-0.4, -0.2) is 96.7 Å². The second-order valence-electron chi connectivity index (χ2n) is 26.7. The average molecular weight is 1310 g/mol. The number of carbonyl (C=O) groups is 4. The molecule has 0 aliphatic heterocycles. The molecule has 19 heteroatoms. The van der Waals surface area contributed by atoms with Crippen molar-refractivity contribution in [3.8, 4) is 0 Å². The van der Waals surface area contributed by atoms with Gasteiger partial charge in [0.15, 0.2) is 12.2 Å². The number of carbonyl (C=O) groups excluding carboxylic acids is 4. The second kappa shape index (κ2) is 59.8. The first-order valence-corrected chi connectivity index (χ1v) is 39.3. The lowest BCUT2D eigenvalue weighted by atomic mass is 9.99. The Bertz CT molecular complexity index is 1770. The fourth-order valence-corrected chi connectivity index (χ4v) is 12.0. The van der Waals surface area contributed by atoms with Gasteiger partial charge in [0.05, 0.1) is 26.4 Å². The number of hydrogen-bond donors (Lipinski definition) is 3. The molecule has 0 saturated carbocycles. The second-order valence-corrected chi connectivity index (χ2v) is 29.6. The van der Waals surface area contributed by atoms with E-state index in [2.05, 4.69) is 55.4 Å². The molecule has 0 aromatic carbocycles. The normalized spacial score (nSPS) is 14.9. The highest BCUT2D eigenvalue weighted by Gasteiger charge is 2.30. The third-order valence-electron chi connectivity index (χ3n) is 16.8. The third-order valence-corrected chi connectivity index (χ3v) is 18.7. The highest BCUT2D eigenvalue weighted by atomic mass is 31.2. The van der Waals surface area contributed by atoms with Crippen LogP contribution in [-0.2, 0) is 65.4 Å². The Hall–Kier alpha value is -1.94. The van der Waals surface area contributed by atoms with Gasteiger partial charge in [-0.3, -0.25) is 37.3 Å². The van der Waals surface area contributed by atoms with E-state index in [9.17, 15) is 43.2 Å². The zero-order valence-electron chi connectivity index (χ0n) is 58.1. The first-order valence-electron chi connectivity index (χ1n) is 36.3. The summed E-state index contributed by atoms with van der Waals surface area (Å²) < 4.78 is 68.3. The minimum Gasteiger partial charge on any atom is -0.462 e. The molecule has 17 nitrogen and oxygen atoms in total. The van der Waals surface area contributed by atoms with Crippen LogP contribution in [0.15, 0.2) is 0 Å². The van der Waals surface area contributed by atoms with Crippen molar-refractivity contribution >= 4 is 39.5 Å². The molecular weight excluding hydrogens is 1170 g/mol. The fraction of sp³-hybridized carbons (Fsp3) is 0.943. The summed E-state index contributed by atoms with van der Waals surface area (Å²) in [4.78, 5) is 72.5. The molecule has 0 rings (SSSR count). The van der Waals surface area contributed by atoms with E-state index < -0.39 is 97.5 Å². The molecule has 89 heavy (non-hydrogen) atoms. The summed E-state index contributed by atoms with van der Waals surface area (Å²) in [5, 5.41) is 10.6. The van der Waals surface area contributed by atoms with Crippen molar-refractivity contribution in [2.75, 3.05) is 39.6 Å². The minimum absolute atomic E-state index is 0.105. The van der Waals surface area contributed by atoms with Crippen LogP contribution in [0.2, 0.25) is 0 Å². The maximum Gasteiger partial charge on any atom is 0.472 e. The molecule has 0 aliphatic rings. The Morgan fingerprint density at radius 3 is 0.798 bits per heavy atom. The Labute approximate surface area is 543 Å². The number of unbranched alkanes of at least 4 members (excludes halogenated alkanes) is 31. The lowest BCUT2D eigenvalue weighted by Gasteiger charge is -2.21. The Balaban J connectivity index is 5.26. The van der Waals surface area contributed by atoms with Crippen LogP contribution >= 0.6 is 15.6 Å². The van der Waals surface area contributed by atoms with E-state index in [0.717, 1.165) is 120 Å². The van der Waals surface area contributed by atoms with E-state index in [4.69, 9.17) is 37.0 Å². The first kappa shape index (κ1) is 87.1. The van der Waals surface area contributed by atoms with Crippen molar-refractivity contribution < 1.29 is 80.2 Å². The average Bonchev–Trinajstić information content (AvgIpc) is 3.71. The van der Waals surface area contributed by atoms with Crippen LogP contribution in [0.1, 0.15) is 344 Å². The van der Waals surface area contributed by atoms with Crippen LogP contribution in [0, 0.1) is 23.7 Å². The number of hydrogen-bond acceptors (Lipinski definition) is 15. The van der Waals surface area contributed by atoms with Crippen molar-refractivity contribution in [1.82, 2.24) is 0 Å². The zero-order valence-corrected chi connectivity index (χ0v) is 59.8. The molecule has 0 aliphatic carbocycles. The number of phosphoric acid groups is 2. The molecule has 528 valence electrons. The van der Waals surface area contributed by atoms with E-state index in [1.54, 1.807) is 0 Å². The minimum atomic E-state index is -4.95. The van der Waals surface area contributed by atoms with Gasteiger partial charge in [-0.1, -0.05) is 293 Å². The van der Waals surface area contributed by atoms with Gasteiger partial charge in [-0.15, -0.1) is 0 Å². The van der Waals surface area contributed by atoms with Crippen molar-refractivity contribution in [3.63, 3.8) is 0 Å². The highest BCUT2D eigenvalue weighted by Crippen LogP contribution is 2.45. The summed E-state index contributed by atoms with van der Waals surface area (Å²) in [6, 6.07) is 0. The largest absolute Gasteiger partial charge is 0.472 e. The number of aliphatic hydroxyl groups is 1. The van der Waals surface area contributed by atoms with Crippen molar-refractivity contribution in [3.05, 3.63) is 0 Å². The van der Waals surface area contributed by atoms with Crippen LogP contribution in [0.3, 0.4) is 0 Å². The molecule has 0 fully saturated rings. The smallest absolute Gasteiger partial charge is 0.462 e.